The summed E-state index contributed by atoms with van der Waals surface area (Å²) >= 11 is 0. The number of esters is 1. The maximum Gasteiger partial charge on any atom is 0.435 e. The summed E-state index contributed by atoms with van der Waals surface area (Å²) in [6.07, 6.45) is -5.08. The smallest absolute Gasteiger partial charge is 0.435 e. The average Bonchev–Trinajstić information content (AvgIpc) is 3.74. The molecule has 1 aromatic heterocycles. The molecule has 1 aliphatic carbocycles. The van der Waals surface area contributed by atoms with Crippen LogP contribution in [0.1, 0.15) is 82.9 Å². The molecular weight excluding hydrogens is 662 g/mol. The molecule has 1 unspecified atom stereocenters. The SMILES string of the molecule is CC(C)(C)OC(=O)c1ccc(C(OCC2CC2)c2ccc(F)c(NC(=O)c3cc(C(F)(F)F)nn3-c3cccc(CNC(=O)O)c3)c2)cc1N. The molecule has 1 saturated carbocycles. The number of amides is 2. The van der Waals surface area contributed by atoms with Crippen molar-refractivity contribution in [2.24, 2.45) is 5.92 Å². The molecule has 1 heterocycles. The van der Waals surface area contributed by atoms with Crippen molar-refractivity contribution in [3.8, 4) is 5.69 Å². The lowest BCUT2D eigenvalue weighted by Gasteiger charge is -2.22. The van der Waals surface area contributed by atoms with Crippen LogP contribution in [0.3, 0.4) is 0 Å². The first kappa shape index (κ1) is 35.9. The van der Waals surface area contributed by atoms with Gasteiger partial charge in [0.05, 0.1) is 23.5 Å². The highest BCUT2D eigenvalue weighted by atomic mass is 19.4. The Balaban J connectivity index is 1.47. The maximum absolute atomic E-state index is 15.2. The van der Waals surface area contributed by atoms with Gasteiger partial charge in [0.25, 0.3) is 5.91 Å². The Kier molecular flexibility index (Phi) is 10.2. The number of carbonyl (C=O) groups is 3. The molecular formula is C35H35F4N5O6. The lowest BCUT2D eigenvalue weighted by molar-refractivity contribution is -0.141. The quantitative estimate of drug-likeness (QED) is 0.0734. The predicted molar refractivity (Wildman–Crippen MR) is 174 cm³/mol. The van der Waals surface area contributed by atoms with Crippen LogP contribution in [0.2, 0.25) is 0 Å². The molecule has 0 saturated heterocycles. The summed E-state index contributed by atoms with van der Waals surface area (Å²) in [7, 11) is 0. The van der Waals surface area contributed by atoms with Gasteiger partial charge in [0.1, 0.15) is 23.2 Å². The highest BCUT2D eigenvalue weighted by Crippen LogP contribution is 2.36. The topological polar surface area (TPSA) is 158 Å². The van der Waals surface area contributed by atoms with Crippen molar-refractivity contribution in [1.82, 2.24) is 15.1 Å². The summed E-state index contributed by atoms with van der Waals surface area (Å²) in [4.78, 5) is 37.2. The standard InChI is InChI=1S/C35H35F4N5O6/c1-34(2,3)50-32(46)24-11-9-21(14-26(24)40)30(49-18-19-7-8-19)22-10-12-25(36)27(15-22)42-31(45)28-16-29(35(37,38)39)43-44(28)23-6-4-5-20(13-23)17-41-33(47)48/h4-6,9-16,19,30,41H,7-8,17-18,40H2,1-3H3,(H,42,45)(H,47,48). The molecule has 15 heteroatoms. The molecule has 50 heavy (non-hydrogen) atoms. The molecule has 1 fully saturated rings. The minimum atomic E-state index is -4.92. The molecule has 0 bridgehead atoms. The number of nitrogens with zero attached hydrogens (tertiary/aromatic N) is 2. The van der Waals surface area contributed by atoms with Crippen LogP contribution in [0.4, 0.5) is 33.7 Å². The number of hydrogen-bond acceptors (Lipinski definition) is 7. The van der Waals surface area contributed by atoms with E-state index in [0.717, 1.165) is 23.6 Å². The number of nitrogen functional groups attached to an aromatic ring is 1. The van der Waals surface area contributed by atoms with Crippen molar-refractivity contribution in [2.75, 3.05) is 17.7 Å². The zero-order valence-electron chi connectivity index (χ0n) is 27.3. The number of hydrogen-bond donors (Lipinski definition) is 4. The van der Waals surface area contributed by atoms with Crippen LogP contribution >= 0.6 is 0 Å². The minimum absolute atomic E-state index is 0.0329. The molecule has 5 rings (SSSR count). The van der Waals surface area contributed by atoms with Crippen LogP contribution in [0.5, 0.6) is 0 Å². The number of carbonyl (C=O) groups excluding carboxylic acids is 2. The molecule has 1 atom stereocenters. The molecule has 264 valence electrons. The monoisotopic (exact) mass is 697 g/mol. The van der Waals surface area contributed by atoms with E-state index in [4.69, 9.17) is 20.3 Å². The maximum atomic E-state index is 15.2. The summed E-state index contributed by atoms with van der Waals surface area (Å²) in [6, 6.07) is 14.8. The largest absolute Gasteiger partial charge is 0.465 e. The van der Waals surface area contributed by atoms with Crippen molar-refractivity contribution >= 4 is 29.3 Å². The zero-order valence-corrected chi connectivity index (χ0v) is 27.3. The van der Waals surface area contributed by atoms with Gasteiger partial charge in [-0.1, -0.05) is 24.3 Å². The van der Waals surface area contributed by atoms with Crippen LogP contribution in [0, 0.1) is 11.7 Å². The van der Waals surface area contributed by atoms with E-state index in [9.17, 15) is 27.6 Å². The fourth-order valence-electron chi connectivity index (χ4n) is 5.01. The van der Waals surface area contributed by atoms with Gasteiger partial charge in [-0.05, 0) is 92.6 Å². The molecule has 0 radical (unpaired) electrons. The molecule has 2 amide bonds. The molecule has 1 aliphatic rings. The Morgan fingerprint density at radius 3 is 2.36 bits per heavy atom. The Morgan fingerprint density at radius 2 is 1.72 bits per heavy atom. The van der Waals surface area contributed by atoms with Crippen molar-refractivity contribution in [1.29, 1.82) is 0 Å². The van der Waals surface area contributed by atoms with Gasteiger partial charge in [-0.2, -0.15) is 18.3 Å². The third-order valence-corrected chi connectivity index (χ3v) is 7.57. The van der Waals surface area contributed by atoms with Crippen LogP contribution in [0.15, 0.2) is 66.7 Å². The number of aromatic nitrogens is 2. The zero-order chi connectivity index (χ0) is 36.4. The van der Waals surface area contributed by atoms with Crippen LogP contribution in [0.25, 0.3) is 5.69 Å². The third kappa shape index (κ3) is 8.96. The fraction of sp³-hybridized carbons (Fsp3) is 0.314. The summed E-state index contributed by atoms with van der Waals surface area (Å²) in [5.74, 6) is -2.25. The first-order valence-electron chi connectivity index (χ1n) is 15.6. The van der Waals surface area contributed by atoms with Gasteiger partial charge in [0.15, 0.2) is 5.69 Å². The molecule has 0 spiro atoms. The Bertz CT molecular complexity index is 1920. The average molecular weight is 698 g/mol. The van der Waals surface area contributed by atoms with E-state index in [2.05, 4.69) is 15.7 Å². The minimum Gasteiger partial charge on any atom is -0.465 e. The van der Waals surface area contributed by atoms with Gasteiger partial charge < -0.3 is 30.9 Å². The summed E-state index contributed by atoms with van der Waals surface area (Å²) in [6.45, 7) is 5.40. The summed E-state index contributed by atoms with van der Waals surface area (Å²) < 4.78 is 68.9. The second kappa shape index (κ2) is 14.2. The predicted octanol–water partition coefficient (Wildman–Crippen LogP) is 7.10. The molecule has 11 nitrogen and oxygen atoms in total. The Labute approximate surface area is 284 Å². The van der Waals surface area contributed by atoms with Crippen molar-refractivity contribution < 1.29 is 46.5 Å². The molecule has 5 N–H and O–H groups in total. The number of rotatable bonds is 11. The van der Waals surface area contributed by atoms with Gasteiger partial charge in [0, 0.05) is 18.3 Å². The second-order valence-corrected chi connectivity index (χ2v) is 12.9. The fourth-order valence-corrected chi connectivity index (χ4v) is 5.01. The third-order valence-electron chi connectivity index (χ3n) is 7.57. The molecule has 4 aromatic rings. The van der Waals surface area contributed by atoms with Gasteiger partial charge in [-0.15, -0.1) is 0 Å². The van der Waals surface area contributed by atoms with E-state index in [0.29, 0.717) is 35.3 Å². The number of anilines is 2. The van der Waals surface area contributed by atoms with Crippen molar-refractivity contribution in [2.45, 2.75) is 58.0 Å². The highest BCUT2D eigenvalue weighted by molar-refractivity contribution is 6.03. The van der Waals surface area contributed by atoms with E-state index in [1.165, 1.54) is 42.5 Å². The van der Waals surface area contributed by atoms with Crippen molar-refractivity contribution in [3.05, 3.63) is 106 Å². The Morgan fingerprint density at radius 1 is 1.02 bits per heavy atom. The van der Waals surface area contributed by atoms with Crippen LogP contribution < -0.4 is 16.4 Å². The number of carboxylic acid groups (broad SMARTS) is 1. The first-order valence-corrected chi connectivity index (χ1v) is 15.6. The molecule has 3 aromatic carbocycles. The van der Waals surface area contributed by atoms with Crippen LogP contribution in [-0.4, -0.2) is 45.1 Å². The number of benzene rings is 3. The number of halogens is 4. The number of alkyl halides is 3. The van der Waals surface area contributed by atoms with Gasteiger partial charge in [-0.25, -0.2) is 18.7 Å². The Hall–Kier alpha value is -5.44. The number of nitrogens with one attached hydrogen (secondary N) is 2. The van der Waals surface area contributed by atoms with E-state index in [1.54, 1.807) is 32.9 Å². The highest BCUT2D eigenvalue weighted by Gasteiger charge is 2.36. The van der Waals surface area contributed by atoms with Crippen molar-refractivity contribution in [3.63, 3.8) is 0 Å². The van der Waals surface area contributed by atoms with E-state index >= 15 is 4.39 Å². The summed E-state index contributed by atoms with van der Waals surface area (Å²) in [5, 5.41) is 17.0. The number of nitrogens with two attached hydrogens (primary N) is 1. The van der Waals surface area contributed by atoms with E-state index < -0.39 is 53.1 Å². The first-order chi connectivity index (χ1) is 23.5. The van der Waals surface area contributed by atoms with Gasteiger partial charge in [-0.3, -0.25) is 4.79 Å². The van der Waals surface area contributed by atoms with Gasteiger partial charge >= 0.3 is 18.2 Å². The van der Waals surface area contributed by atoms with Crippen LogP contribution in [-0.2, 0) is 22.2 Å². The normalized spacial score (nSPS) is 13.8. The lowest BCUT2D eigenvalue weighted by atomic mass is 9.98. The van der Waals surface area contributed by atoms with E-state index in [-0.39, 0.29) is 29.2 Å². The second-order valence-electron chi connectivity index (χ2n) is 12.9. The van der Waals surface area contributed by atoms with Gasteiger partial charge in [0.2, 0.25) is 0 Å². The lowest BCUT2D eigenvalue weighted by Crippen LogP contribution is -2.24. The van der Waals surface area contributed by atoms with E-state index in [1.807, 2.05) is 0 Å². The molecule has 0 aliphatic heterocycles. The summed E-state index contributed by atoms with van der Waals surface area (Å²) in [5.41, 5.74) is 4.86. The number of ether oxygens (including phenoxy) is 2.